The van der Waals surface area contributed by atoms with Gasteiger partial charge in [-0.2, -0.15) is 13.2 Å². The average molecular weight is 423 g/mol. The van der Waals surface area contributed by atoms with Crippen molar-refractivity contribution in [2.75, 3.05) is 18.0 Å². The predicted octanol–water partition coefficient (Wildman–Crippen LogP) is 2.35. The number of nitrogens with two attached hydrogens (primary N) is 1. The Balaban J connectivity index is 1.70. The van der Waals surface area contributed by atoms with Crippen LogP contribution in [0.25, 0.3) is 0 Å². The van der Waals surface area contributed by atoms with Crippen LogP contribution in [-0.2, 0) is 6.18 Å². The van der Waals surface area contributed by atoms with Crippen molar-refractivity contribution in [3.05, 3.63) is 47.2 Å². The van der Waals surface area contributed by atoms with E-state index in [0.29, 0.717) is 31.7 Å². The van der Waals surface area contributed by atoms with Gasteiger partial charge in [-0.3, -0.25) is 15.0 Å². The number of para-hydroxylation sites is 1. The van der Waals surface area contributed by atoms with E-state index in [1.165, 1.54) is 31.2 Å². The number of alkyl halides is 3. The van der Waals surface area contributed by atoms with Crippen molar-refractivity contribution < 1.29 is 27.5 Å². The van der Waals surface area contributed by atoms with Gasteiger partial charge < -0.3 is 9.64 Å². The van der Waals surface area contributed by atoms with Gasteiger partial charge in [-0.1, -0.05) is 12.1 Å². The second-order valence-electron chi connectivity index (χ2n) is 6.79. The van der Waals surface area contributed by atoms with Gasteiger partial charge in [0.25, 0.3) is 5.91 Å². The third-order valence-corrected chi connectivity index (χ3v) is 4.76. The van der Waals surface area contributed by atoms with Crippen LogP contribution in [-0.4, -0.2) is 41.1 Å². The highest BCUT2D eigenvalue weighted by Gasteiger charge is 2.35. The first-order valence-corrected chi connectivity index (χ1v) is 9.18. The lowest BCUT2D eigenvalue weighted by Gasteiger charge is -2.33. The number of nitrogen functional groups attached to an aromatic ring is 1. The molecule has 3 rings (SSSR count). The zero-order valence-corrected chi connectivity index (χ0v) is 16.1. The van der Waals surface area contributed by atoms with E-state index in [4.69, 9.17) is 10.6 Å². The molecule has 1 aliphatic heterocycles. The Hall–Kier alpha value is -3.21. The molecule has 160 valence electrons. The van der Waals surface area contributed by atoms with Crippen LogP contribution < -0.4 is 20.9 Å². The highest BCUT2D eigenvalue weighted by molar-refractivity contribution is 6.06. The quantitative estimate of drug-likeness (QED) is 0.329. The molecule has 0 saturated carbocycles. The number of nitrogens with zero attached hydrogens (tertiary/aromatic N) is 3. The van der Waals surface area contributed by atoms with E-state index in [2.05, 4.69) is 10.2 Å². The molecule has 0 spiro atoms. The van der Waals surface area contributed by atoms with Gasteiger partial charge >= 0.3 is 6.18 Å². The van der Waals surface area contributed by atoms with Crippen molar-refractivity contribution >= 4 is 17.5 Å². The maximum absolute atomic E-state index is 13.1. The number of aromatic nitrogens is 2. The minimum absolute atomic E-state index is 0.0837. The van der Waals surface area contributed by atoms with Crippen molar-refractivity contribution in [3.8, 4) is 5.75 Å². The van der Waals surface area contributed by atoms with E-state index < -0.39 is 23.8 Å². The van der Waals surface area contributed by atoms with Crippen LogP contribution >= 0.6 is 0 Å². The summed E-state index contributed by atoms with van der Waals surface area (Å²) in [5.74, 6) is 4.20. The Kier molecular flexibility index (Phi) is 6.20. The number of hydrogen-bond acceptors (Lipinski definition) is 7. The zero-order chi connectivity index (χ0) is 21.9. The number of piperidine rings is 1. The van der Waals surface area contributed by atoms with Crippen LogP contribution in [0.15, 0.2) is 30.3 Å². The number of anilines is 1. The summed E-state index contributed by atoms with van der Waals surface area (Å²) in [4.78, 5) is 25.4. The van der Waals surface area contributed by atoms with Crippen LogP contribution in [0, 0.1) is 0 Å². The number of carbonyl (C=O) groups excluding carboxylic acids is 2. The van der Waals surface area contributed by atoms with Gasteiger partial charge in [-0.05, 0) is 25.1 Å². The molecule has 1 aromatic carbocycles. The van der Waals surface area contributed by atoms with Gasteiger partial charge in [0.15, 0.2) is 17.3 Å². The molecule has 0 radical (unpaired) electrons. The Morgan fingerprint density at radius 1 is 1.20 bits per heavy atom. The maximum Gasteiger partial charge on any atom is 0.419 e. The van der Waals surface area contributed by atoms with Crippen molar-refractivity contribution in [3.63, 3.8) is 0 Å². The molecule has 3 N–H and O–H groups in total. The molecule has 30 heavy (non-hydrogen) atoms. The van der Waals surface area contributed by atoms with Crippen LogP contribution in [0.2, 0.25) is 0 Å². The molecule has 0 unspecified atom stereocenters. The number of Topliss-reactive ketones (excluding diaryl/α,β-unsaturated/α-hetero) is 1. The van der Waals surface area contributed by atoms with E-state index in [0.717, 1.165) is 6.07 Å². The zero-order valence-electron chi connectivity index (χ0n) is 16.1. The van der Waals surface area contributed by atoms with Gasteiger partial charge in [0.05, 0.1) is 11.1 Å². The van der Waals surface area contributed by atoms with Crippen LogP contribution in [0.1, 0.15) is 46.2 Å². The number of benzene rings is 1. The lowest BCUT2D eigenvalue weighted by Crippen LogP contribution is -2.39. The van der Waals surface area contributed by atoms with Crippen LogP contribution in [0.4, 0.5) is 19.0 Å². The van der Waals surface area contributed by atoms with Crippen LogP contribution in [0.3, 0.4) is 0 Å². The average Bonchev–Trinajstić information content (AvgIpc) is 2.73. The number of amides is 1. The first kappa shape index (κ1) is 21.5. The summed E-state index contributed by atoms with van der Waals surface area (Å²) >= 11 is 0. The fourth-order valence-corrected chi connectivity index (χ4v) is 3.23. The molecule has 8 nitrogen and oxygen atoms in total. The Labute approximate surface area is 170 Å². The van der Waals surface area contributed by atoms with Crippen molar-refractivity contribution in [2.24, 2.45) is 5.84 Å². The molecule has 11 heteroatoms. The summed E-state index contributed by atoms with van der Waals surface area (Å²) in [6.07, 6.45) is -3.98. The van der Waals surface area contributed by atoms with Crippen molar-refractivity contribution in [2.45, 2.75) is 32.0 Å². The first-order valence-electron chi connectivity index (χ1n) is 9.18. The third-order valence-electron chi connectivity index (χ3n) is 4.76. The molecule has 2 heterocycles. The predicted molar refractivity (Wildman–Crippen MR) is 101 cm³/mol. The van der Waals surface area contributed by atoms with E-state index >= 15 is 0 Å². The molecule has 0 atom stereocenters. The number of carbonyl (C=O) groups is 2. The molecule has 0 bridgehead atoms. The van der Waals surface area contributed by atoms with Gasteiger partial charge in [0, 0.05) is 25.9 Å². The summed E-state index contributed by atoms with van der Waals surface area (Å²) < 4.78 is 45.0. The van der Waals surface area contributed by atoms with E-state index in [9.17, 15) is 22.8 Å². The second-order valence-corrected chi connectivity index (χ2v) is 6.79. The fraction of sp³-hybridized carbons (Fsp3) is 0.368. The van der Waals surface area contributed by atoms with Gasteiger partial charge in [-0.15, -0.1) is 10.2 Å². The number of ether oxygens (including phenoxy) is 1. The largest absolute Gasteiger partial charge is 0.490 e. The first-order chi connectivity index (χ1) is 14.2. The molecule has 1 amide bonds. The number of hydrazine groups is 1. The lowest BCUT2D eigenvalue weighted by atomic mass is 10.1. The molecular weight excluding hydrogens is 403 g/mol. The summed E-state index contributed by atoms with van der Waals surface area (Å²) in [5.41, 5.74) is 1.02. The number of ketones is 1. The summed E-state index contributed by atoms with van der Waals surface area (Å²) in [6.45, 7) is 2.17. The Morgan fingerprint density at radius 3 is 2.47 bits per heavy atom. The molecule has 1 aromatic heterocycles. The normalized spacial score (nSPS) is 15.0. The standard InChI is InChI=1S/C19H20F3N5O3/c1-11(28)13-10-16(25-26-17(13)18(29)24-23)27-8-6-12(7-9-27)30-15-5-3-2-4-14(15)19(20,21)22/h2-5,10,12H,6-9,23H2,1H3,(H,24,29). The lowest BCUT2D eigenvalue weighted by molar-refractivity contribution is -0.139. The molecule has 2 aromatic rings. The van der Waals surface area contributed by atoms with E-state index in [1.807, 2.05) is 10.3 Å². The Bertz CT molecular complexity index is 943. The molecule has 0 aliphatic carbocycles. The summed E-state index contributed by atoms with van der Waals surface area (Å²) in [5, 5.41) is 7.80. The molecule has 1 aliphatic rings. The van der Waals surface area contributed by atoms with Gasteiger partial charge in [0.1, 0.15) is 11.9 Å². The smallest absolute Gasteiger partial charge is 0.419 e. The molecular formula is C19H20F3N5O3. The number of hydrogen-bond donors (Lipinski definition) is 2. The van der Waals surface area contributed by atoms with E-state index in [1.54, 1.807) is 0 Å². The summed E-state index contributed by atoms with van der Waals surface area (Å²) in [6, 6.07) is 6.57. The molecule has 1 fully saturated rings. The van der Waals surface area contributed by atoms with E-state index in [-0.39, 0.29) is 22.8 Å². The SMILES string of the molecule is CC(=O)c1cc(N2CCC(Oc3ccccc3C(F)(F)F)CC2)nnc1C(=O)NN. The maximum atomic E-state index is 13.1. The van der Waals surface area contributed by atoms with Crippen LogP contribution in [0.5, 0.6) is 5.75 Å². The number of rotatable bonds is 5. The monoisotopic (exact) mass is 423 g/mol. The second kappa shape index (κ2) is 8.66. The summed E-state index contributed by atoms with van der Waals surface area (Å²) in [7, 11) is 0. The minimum Gasteiger partial charge on any atom is -0.490 e. The highest BCUT2D eigenvalue weighted by Crippen LogP contribution is 2.37. The minimum atomic E-state index is -4.49. The van der Waals surface area contributed by atoms with Gasteiger partial charge in [-0.25, -0.2) is 5.84 Å². The number of nitrogens with one attached hydrogen (secondary N) is 1. The van der Waals surface area contributed by atoms with Crippen molar-refractivity contribution in [1.29, 1.82) is 0 Å². The number of halogens is 3. The van der Waals surface area contributed by atoms with Crippen molar-refractivity contribution in [1.82, 2.24) is 15.6 Å². The van der Waals surface area contributed by atoms with Gasteiger partial charge in [0.2, 0.25) is 0 Å². The fourth-order valence-electron chi connectivity index (χ4n) is 3.23. The Morgan fingerprint density at radius 2 is 1.87 bits per heavy atom. The molecule has 1 saturated heterocycles. The highest BCUT2D eigenvalue weighted by atomic mass is 19.4. The topological polar surface area (TPSA) is 110 Å². The third kappa shape index (κ3) is 4.67.